The molecule has 28 heavy (non-hydrogen) atoms. The first-order valence-electron chi connectivity index (χ1n) is 8.30. The number of pyridine rings is 2. The van der Waals surface area contributed by atoms with Gasteiger partial charge in [0.2, 0.25) is 12.3 Å². The number of aromatic nitrogens is 2. The highest BCUT2D eigenvalue weighted by molar-refractivity contribution is 8.00. The Hall–Kier alpha value is -2.77. The Morgan fingerprint density at radius 3 is 2.54 bits per heavy atom. The number of primary amides is 1. The number of nitrogens with one attached hydrogen (secondary N) is 1. The molecule has 0 aliphatic carbocycles. The fourth-order valence-electron chi connectivity index (χ4n) is 2.35. The number of methoxy groups -OCH3 is 1. The molecular formula is C20H21ClN4O2S. The molecule has 0 saturated heterocycles. The van der Waals surface area contributed by atoms with Gasteiger partial charge in [-0.3, -0.25) is 9.78 Å². The molecule has 0 aliphatic rings. The molecule has 3 aromatic rings. The van der Waals surface area contributed by atoms with Crippen molar-refractivity contribution in [3.8, 4) is 17.0 Å². The molecule has 0 spiro atoms. The molecule has 0 aliphatic heterocycles. The normalized spacial score (nSPS) is 9.86. The molecule has 0 unspecified atom stereocenters. The Labute approximate surface area is 173 Å². The predicted molar refractivity (Wildman–Crippen MR) is 115 cm³/mol. The van der Waals surface area contributed by atoms with E-state index in [0.29, 0.717) is 10.9 Å². The number of aryl methyl sites for hydroxylation is 2. The van der Waals surface area contributed by atoms with E-state index in [1.807, 2.05) is 50.2 Å². The average molecular weight is 417 g/mol. The van der Waals surface area contributed by atoms with E-state index in [9.17, 15) is 0 Å². The van der Waals surface area contributed by atoms with Crippen LogP contribution in [0.5, 0.6) is 5.88 Å². The number of benzene rings is 1. The number of nitrogens with two attached hydrogens (primary N) is 1. The van der Waals surface area contributed by atoms with Crippen molar-refractivity contribution < 1.29 is 9.53 Å². The summed E-state index contributed by atoms with van der Waals surface area (Å²) in [5, 5.41) is 0.681. The zero-order valence-corrected chi connectivity index (χ0v) is 17.3. The highest BCUT2D eigenvalue weighted by Crippen LogP contribution is 2.34. The van der Waals surface area contributed by atoms with E-state index in [2.05, 4.69) is 20.4 Å². The third-order valence-corrected chi connectivity index (χ3v) is 4.78. The second-order valence-electron chi connectivity index (χ2n) is 5.74. The number of anilines is 1. The first-order chi connectivity index (χ1) is 13.5. The SMILES string of the molecule is COc1ncc(-c2ccnc(C)c2)cc1SNc1ccc(C)cc1Cl.NC=O. The summed E-state index contributed by atoms with van der Waals surface area (Å²) in [5.74, 6) is 0.565. The van der Waals surface area contributed by atoms with Crippen LogP contribution in [0.3, 0.4) is 0 Å². The number of halogens is 1. The van der Waals surface area contributed by atoms with E-state index in [0.717, 1.165) is 33.0 Å². The number of carbonyl (C=O) groups excluding carboxylic acids is 1. The number of nitrogens with zero attached hydrogens (tertiary/aromatic N) is 2. The molecule has 0 radical (unpaired) electrons. The van der Waals surface area contributed by atoms with Crippen LogP contribution in [-0.4, -0.2) is 23.5 Å². The van der Waals surface area contributed by atoms with Crippen molar-refractivity contribution in [2.75, 3.05) is 11.8 Å². The van der Waals surface area contributed by atoms with Gasteiger partial charge in [0.25, 0.3) is 0 Å². The van der Waals surface area contributed by atoms with Crippen LogP contribution in [0, 0.1) is 13.8 Å². The van der Waals surface area contributed by atoms with Crippen LogP contribution >= 0.6 is 23.5 Å². The van der Waals surface area contributed by atoms with E-state index in [-0.39, 0.29) is 6.41 Å². The maximum atomic E-state index is 8.58. The second-order valence-corrected chi connectivity index (χ2v) is 7.00. The number of hydrogen-bond acceptors (Lipinski definition) is 6. The van der Waals surface area contributed by atoms with Crippen molar-refractivity contribution in [2.24, 2.45) is 5.73 Å². The van der Waals surface area contributed by atoms with E-state index in [4.69, 9.17) is 21.1 Å². The summed E-state index contributed by atoms with van der Waals surface area (Å²) in [6.45, 7) is 3.98. The van der Waals surface area contributed by atoms with Gasteiger partial charge in [-0.25, -0.2) is 4.98 Å². The van der Waals surface area contributed by atoms with Crippen LogP contribution in [-0.2, 0) is 4.79 Å². The Morgan fingerprint density at radius 2 is 1.89 bits per heavy atom. The predicted octanol–water partition coefficient (Wildman–Crippen LogP) is 4.64. The van der Waals surface area contributed by atoms with Gasteiger partial charge in [0.15, 0.2) is 0 Å². The van der Waals surface area contributed by atoms with Crippen molar-refractivity contribution >= 4 is 35.6 Å². The molecule has 1 amide bonds. The fourth-order valence-corrected chi connectivity index (χ4v) is 3.50. The quantitative estimate of drug-likeness (QED) is 0.465. The van der Waals surface area contributed by atoms with Gasteiger partial charge in [-0.05, 0) is 67.3 Å². The number of rotatable bonds is 5. The highest BCUT2D eigenvalue weighted by atomic mass is 35.5. The van der Waals surface area contributed by atoms with Gasteiger partial charge in [0.05, 0.1) is 22.7 Å². The van der Waals surface area contributed by atoms with Crippen molar-refractivity contribution in [2.45, 2.75) is 18.7 Å². The third kappa shape index (κ3) is 5.87. The molecule has 1 aromatic carbocycles. The van der Waals surface area contributed by atoms with Crippen molar-refractivity contribution in [3.05, 3.63) is 65.1 Å². The van der Waals surface area contributed by atoms with Crippen molar-refractivity contribution in [3.63, 3.8) is 0 Å². The first-order valence-corrected chi connectivity index (χ1v) is 9.49. The Morgan fingerprint density at radius 1 is 1.14 bits per heavy atom. The minimum absolute atomic E-state index is 0.250. The van der Waals surface area contributed by atoms with Crippen LogP contribution < -0.4 is 15.2 Å². The summed E-state index contributed by atoms with van der Waals surface area (Å²) < 4.78 is 8.65. The summed E-state index contributed by atoms with van der Waals surface area (Å²) in [4.78, 5) is 18.1. The molecule has 0 saturated carbocycles. The monoisotopic (exact) mass is 416 g/mol. The number of amides is 1. The molecule has 0 fully saturated rings. The zero-order chi connectivity index (χ0) is 20.5. The van der Waals surface area contributed by atoms with Gasteiger partial charge in [-0.1, -0.05) is 17.7 Å². The van der Waals surface area contributed by atoms with Gasteiger partial charge in [-0.2, -0.15) is 0 Å². The first kappa shape index (κ1) is 21.5. The molecule has 0 bridgehead atoms. The van der Waals surface area contributed by atoms with Crippen LogP contribution in [0.25, 0.3) is 11.1 Å². The lowest BCUT2D eigenvalue weighted by Crippen LogP contribution is -1.95. The molecule has 146 valence electrons. The molecule has 3 N–H and O–H groups in total. The van der Waals surface area contributed by atoms with E-state index < -0.39 is 0 Å². The molecular weight excluding hydrogens is 396 g/mol. The summed E-state index contributed by atoms with van der Waals surface area (Å²) in [6, 6.07) is 11.9. The molecule has 6 nitrogen and oxygen atoms in total. The topological polar surface area (TPSA) is 90.1 Å². The number of carbonyl (C=O) groups is 1. The van der Waals surface area contributed by atoms with E-state index in [1.54, 1.807) is 19.5 Å². The lowest BCUT2D eigenvalue weighted by Gasteiger charge is -2.12. The van der Waals surface area contributed by atoms with Crippen LogP contribution in [0.1, 0.15) is 11.3 Å². The standard InChI is InChI=1S/C19H18ClN3OS.CH3NO/c1-12-4-5-17(16(20)8-12)23-25-18-10-15(11-22-19(18)24-3)14-6-7-21-13(2)9-14;2-1-3/h4-11,23H,1-3H3;1H,(H2,2,3). The van der Waals surface area contributed by atoms with Gasteiger partial charge in [0, 0.05) is 23.7 Å². The molecule has 2 aromatic heterocycles. The average Bonchev–Trinajstić information content (AvgIpc) is 2.68. The summed E-state index contributed by atoms with van der Waals surface area (Å²) in [6.07, 6.45) is 3.85. The second kappa shape index (κ2) is 10.5. The summed E-state index contributed by atoms with van der Waals surface area (Å²) in [5.41, 5.74) is 9.18. The van der Waals surface area contributed by atoms with E-state index in [1.165, 1.54) is 11.9 Å². The largest absolute Gasteiger partial charge is 0.480 e. The van der Waals surface area contributed by atoms with Gasteiger partial charge < -0.3 is 15.2 Å². The Bertz CT molecular complexity index is 953. The molecule has 8 heteroatoms. The van der Waals surface area contributed by atoms with Crippen molar-refractivity contribution in [1.82, 2.24) is 9.97 Å². The fraction of sp³-hybridized carbons (Fsp3) is 0.150. The Balaban J connectivity index is 0.000000878. The molecule has 0 atom stereocenters. The summed E-state index contributed by atoms with van der Waals surface area (Å²) in [7, 11) is 1.61. The lowest BCUT2D eigenvalue weighted by molar-refractivity contribution is -0.106. The smallest absolute Gasteiger partial charge is 0.228 e. The molecule has 3 rings (SSSR count). The molecule has 2 heterocycles. The van der Waals surface area contributed by atoms with E-state index >= 15 is 0 Å². The Kier molecular flexibility index (Phi) is 8.10. The maximum Gasteiger partial charge on any atom is 0.228 e. The van der Waals surface area contributed by atoms with Crippen molar-refractivity contribution in [1.29, 1.82) is 0 Å². The maximum absolute atomic E-state index is 8.58. The lowest BCUT2D eigenvalue weighted by atomic mass is 10.1. The van der Waals surface area contributed by atoms with Gasteiger partial charge >= 0.3 is 0 Å². The zero-order valence-electron chi connectivity index (χ0n) is 15.8. The third-order valence-electron chi connectivity index (χ3n) is 3.64. The van der Waals surface area contributed by atoms with Crippen LogP contribution in [0.4, 0.5) is 5.69 Å². The van der Waals surface area contributed by atoms with Crippen LogP contribution in [0.2, 0.25) is 5.02 Å². The summed E-state index contributed by atoms with van der Waals surface area (Å²) >= 11 is 7.70. The van der Waals surface area contributed by atoms with Gasteiger partial charge in [-0.15, -0.1) is 0 Å². The number of ether oxygens (including phenoxy) is 1. The van der Waals surface area contributed by atoms with Crippen LogP contribution in [0.15, 0.2) is 53.7 Å². The van der Waals surface area contributed by atoms with Gasteiger partial charge in [0.1, 0.15) is 0 Å². The highest BCUT2D eigenvalue weighted by Gasteiger charge is 2.10. The minimum atomic E-state index is 0.250. The number of hydrogen-bond donors (Lipinski definition) is 2. The minimum Gasteiger partial charge on any atom is -0.480 e.